The summed E-state index contributed by atoms with van der Waals surface area (Å²) < 4.78 is 32.6. The normalized spacial score (nSPS) is 14.5. The van der Waals surface area contributed by atoms with Crippen LogP contribution >= 0.6 is 0 Å². The number of ether oxygens (including phenoxy) is 1. The second-order valence-electron chi connectivity index (χ2n) is 10.9. The van der Waals surface area contributed by atoms with E-state index in [2.05, 4.69) is 5.32 Å². The Morgan fingerprint density at radius 2 is 1.57 bits per heavy atom. The van der Waals surface area contributed by atoms with Gasteiger partial charge in [-0.15, -0.1) is 0 Å². The fourth-order valence-electron chi connectivity index (χ4n) is 5.50. The second-order valence-corrected chi connectivity index (χ2v) is 12.8. The molecule has 1 saturated carbocycles. The Hall–Kier alpha value is -3.85. The highest BCUT2D eigenvalue weighted by Crippen LogP contribution is 2.30. The fourth-order valence-corrected chi connectivity index (χ4v) is 6.35. The van der Waals surface area contributed by atoms with Gasteiger partial charge in [-0.05, 0) is 48.6 Å². The lowest BCUT2D eigenvalue weighted by Gasteiger charge is -2.35. The van der Waals surface area contributed by atoms with E-state index in [-0.39, 0.29) is 24.2 Å². The van der Waals surface area contributed by atoms with Crippen molar-refractivity contribution in [2.75, 3.05) is 24.2 Å². The molecule has 224 valence electrons. The van der Waals surface area contributed by atoms with Crippen LogP contribution in [0.15, 0.2) is 78.9 Å². The average molecular weight is 592 g/mol. The van der Waals surface area contributed by atoms with Gasteiger partial charge in [-0.1, -0.05) is 86.0 Å². The second kappa shape index (κ2) is 14.4. The maximum Gasteiger partial charge on any atom is 0.244 e. The summed E-state index contributed by atoms with van der Waals surface area (Å²) in [4.78, 5) is 29.9. The number of rotatable bonds is 12. The summed E-state index contributed by atoms with van der Waals surface area (Å²) in [5.74, 6) is -0.373. The van der Waals surface area contributed by atoms with Crippen molar-refractivity contribution in [3.05, 3.63) is 95.6 Å². The van der Waals surface area contributed by atoms with Crippen LogP contribution in [0.5, 0.6) is 5.75 Å². The van der Waals surface area contributed by atoms with Gasteiger partial charge in [-0.2, -0.15) is 0 Å². The van der Waals surface area contributed by atoms with Crippen LogP contribution in [0.2, 0.25) is 0 Å². The lowest BCUT2D eigenvalue weighted by Crippen LogP contribution is -2.55. The number of methoxy groups -OCH3 is 1. The van der Waals surface area contributed by atoms with Crippen LogP contribution in [0, 0.1) is 6.92 Å². The molecule has 0 saturated heterocycles. The van der Waals surface area contributed by atoms with E-state index in [1.165, 1.54) is 7.11 Å². The first kappa shape index (κ1) is 31.1. The summed E-state index contributed by atoms with van der Waals surface area (Å²) in [6.07, 6.45) is 6.45. The van der Waals surface area contributed by atoms with E-state index in [0.717, 1.165) is 59.4 Å². The van der Waals surface area contributed by atoms with Crippen molar-refractivity contribution >= 4 is 27.5 Å². The first-order valence-corrected chi connectivity index (χ1v) is 16.3. The zero-order chi connectivity index (χ0) is 30.1. The molecule has 2 amide bonds. The molecule has 4 rings (SSSR count). The average Bonchev–Trinajstić information content (AvgIpc) is 2.99. The van der Waals surface area contributed by atoms with Gasteiger partial charge in [0.25, 0.3) is 0 Å². The van der Waals surface area contributed by atoms with Crippen LogP contribution < -0.4 is 14.4 Å². The third kappa shape index (κ3) is 8.12. The van der Waals surface area contributed by atoms with Gasteiger partial charge in [0, 0.05) is 19.0 Å². The van der Waals surface area contributed by atoms with Crippen LogP contribution in [0.4, 0.5) is 5.69 Å². The number of carbonyl (C=O) groups is 2. The summed E-state index contributed by atoms with van der Waals surface area (Å²) >= 11 is 0. The largest absolute Gasteiger partial charge is 0.495 e. The SMILES string of the molecule is COc1ccccc1N(CC(=O)N(Cc1ccccc1C)C(Cc1ccccc1)C(=O)NC1CCCCC1)S(C)(=O)=O. The molecule has 1 fully saturated rings. The molecule has 1 unspecified atom stereocenters. The van der Waals surface area contributed by atoms with E-state index in [9.17, 15) is 18.0 Å². The maximum atomic E-state index is 14.3. The number of nitrogens with zero attached hydrogens (tertiary/aromatic N) is 2. The third-order valence-corrected chi connectivity index (χ3v) is 8.98. The van der Waals surface area contributed by atoms with E-state index in [1.54, 1.807) is 29.2 Å². The smallest absolute Gasteiger partial charge is 0.244 e. The van der Waals surface area contributed by atoms with Crippen LogP contribution in [-0.2, 0) is 32.6 Å². The maximum absolute atomic E-state index is 14.3. The Kier molecular flexibility index (Phi) is 10.6. The standard InChI is InChI=1S/C33H41N3O5S/c1-25-14-10-11-17-27(25)23-35(32(37)24-36(42(3,39)40)29-20-12-13-21-31(29)41-2)30(22-26-15-6-4-7-16-26)33(38)34-28-18-8-5-9-19-28/h4,6-7,10-17,20-21,28,30H,5,8-9,18-19,22-24H2,1-3H3,(H,34,38). The molecule has 0 bridgehead atoms. The molecule has 0 heterocycles. The highest BCUT2D eigenvalue weighted by Gasteiger charge is 2.34. The zero-order valence-corrected chi connectivity index (χ0v) is 25.5. The molecule has 3 aromatic carbocycles. The topological polar surface area (TPSA) is 96.0 Å². The summed E-state index contributed by atoms with van der Waals surface area (Å²) in [6.45, 7) is 1.64. The van der Waals surface area contributed by atoms with Crippen LogP contribution in [0.25, 0.3) is 0 Å². The zero-order valence-electron chi connectivity index (χ0n) is 24.7. The lowest BCUT2D eigenvalue weighted by molar-refractivity contribution is -0.140. The molecule has 1 N–H and O–H groups in total. The molecule has 0 radical (unpaired) electrons. The van der Waals surface area contributed by atoms with Gasteiger partial charge < -0.3 is 15.0 Å². The number of amides is 2. The number of carbonyl (C=O) groups excluding carboxylic acids is 2. The quantitative estimate of drug-likeness (QED) is 0.325. The van der Waals surface area contributed by atoms with Crippen molar-refractivity contribution in [1.29, 1.82) is 0 Å². The first-order valence-electron chi connectivity index (χ1n) is 14.5. The summed E-state index contributed by atoms with van der Waals surface area (Å²) in [7, 11) is -2.43. The van der Waals surface area contributed by atoms with E-state index in [0.29, 0.717) is 12.2 Å². The predicted molar refractivity (Wildman–Crippen MR) is 166 cm³/mol. The molecule has 1 aliphatic rings. The lowest BCUT2D eigenvalue weighted by atomic mass is 9.94. The van der Waals surface area contributed by atoms with Gasteiger partial charge in [0.15, 0.2) is 0 Å². The van der Waals surface area contributed by atoms with Crippen molar-refractivity contribution in [2.24, 2.45) is 0 Å². The number of benzene rings is 3. The minimum absolute atomic E-state index is 0.0565. The van der Waals surface area contributed by atoms with Gasteiger partial charge in [-0.25, -0.2) is 8.42 Å². The number of hydrogen-bond donors (Lipinski definition) is 1. The molecular formula is C33H41N3O5S. The molecule has 0 aliphatic heterocycles. The molecule has 8 nitrogen and oxygen atoms in total. The van der Waals surface area contributed by atoms with Gasteiger partial charge in [0.1, 0.15) is 18.3 Å². The summed E-state index contributed by atoms with van der Waals surface area (Å²) in [6, 6.07) is 23.2. The van der Waals surface area contributed by atoms with E-state index in [4.69, 9.17) is 4.74 Å². The number of nitrogens with one attached hydrogen (secondary N) is 1. The van der Waals surface area contributed by atoms with Crippen LogP contribution in [0.3, 0.4) is 0 Å². The van der Waals surface area contributed by atoms with E-state index < -0.39 is 28.5 Å². The first-order chi connectivity index (χ1) is 20.2. The van der Waals surface area contributed by atoms with Gasteiger partial charge in [-0.3, -0.25) is 13.9 Å². The number of sulfonamides is 1. The van der Waals surface area contributed by atoms with E-state index in [1.807, 2.05) is 61.5 Å². The Balaban J connectivity index is 1.75. The molecule has 0 aromatic heterocycles. The van der Waals surface area contributed by atoms with Crippen molar-refractivity contribution in [1.82, 2.24) is 10.2 Å². The fraction of sp³-hybridized carbons (Fsp3) is 0.394. The molecular weight excluding hydrogens is 550 g/mol. The van der Waals surface area contributed by atoms with Crippen LogP contribution in [0.1, 0.15) is 48.8 Å². The Labute approximate surface area is 249 Å². The highest BCUT2D eigenvalue weighted by molar-refractivity contribution is 7.92. The summed E-state index contributed by atoms with van der Waals surface area (Å²) in [5, 5.41) is 3.22. The van der Waals surface area contributed by atoms with Crippen molar-refractivity contribution in [2.45, 2.75) is 64.1 Å². The Morgan fingerprint density at radius 1 is 0.929 bits per heavy atom. The highest BCUT2D eigenvalue weighted by atomic mass is 32.2. The Morgan fingerprint density at radius 3 is 2.24 bits per heavy atom. The summed E-state index contributed by atoms with van der Waals surface area (Å²) in [5.41, 5.74) is 3.04. The van der Waals surface area contributed by atoms with Gasteiger partial charge in [0.2, 0.25) is 21.8 Å². The van der Waals surface area contributed by atoms with Crippen molar-refractivity contribution in [3.8, 4) is 5.75 Å². The monoisotopic (exact) mass is 591 g/mol. The van der Waals surface area contributed by atoms with Gasteiger partial charge >= 0.3 is 0 Å². The van der Waals surface area contributed by atoms with Crippen molar-refractivity contribution in [3.63, 3.8) is 0 Å². The minimum Gasteiger partial charge on any atom is -0.495 e. The molecule has 9 heteroatoms. The molecule has 42 heavy (non-hydrogen) atoms. The third-order valence-electron chi connectivity index (χ3n) is 7.86. The number of anilines is 1. The molecule has 3 aromatic rings. The predicted octanol–water partition coefficient (Wildman–Crippen LogP) is 4.86. The Bertz CT molecular complexity index is 1460. The van der Waals surface area contributed by atoms with Crippen molar-refractivity contribution < 1.29 is 22.7 Å². The molecule has 1 atom stereocenters. The number of para-hydroxylation sites is 2. The minimum atomic E-state index is -3.88. The van der Waals surface area contributed by atoms with Gasteiger partial charge in [0.05, 0.1) is 19.1 Å². The molecule has 1 aliphatic carbocycles. The van der Waals surface area contributed by atoms with E-state index >= 15 is 0 Å². The van der Waals surface area contributed by atoms with Crippen LogP contribution in [-0.4, -0.2) is 57.1 Å². The number of hydrogen-bond acceptors (Lipinski definition) is 5. The molecule has 0 spiro atoms. The number of aryl methyl sites for hydroxylation is 1.